The molecule has 0 heterocycles. The Morgan fingerprint density at radius 2 is 1.70 bits per heavy atom. The van der Waals surface area contributed by atoms with Gasteiger partial charge >= 0.3 is 0 Å². The van der Waals surface area contributed by atoms with Gasteiger partial charge < -0.3 is 25.3 Å². The zero-order valence-corrected chi connectivity index (χ0v) is 16.5. The second-order valence-corrected chi connectivity index (χ2v) is 5.56. The number of nitrogens with two attached hydrogens (primary N) is 1. The largest absolute Gasteiger partial charge is 0.492 e. The molecule has 0 atom stereocenters. The summed E-state index contributed by atoms with van der Waals surface area (Å²) in [4.78, 5) is 12.5. The molecule has 2 rings (SSSR count). The smallest absolute Gasteiger partial charge is 0.255 e. The number of hydrogen-bond donors (Lipinski definition) is 2. The minimum atomic E-state index is -0.219. The highest BCUT2D eigenvalue weighted by molar-refractivity contribution is 6.04. The Balaban J connectivity index is 0.00000364. The fraction of sp³-hybridized carbons (Fsp3) is 0.350. The van der Waals surface area contributed by atoms with Crippen LogP contribution in [0.3, 0.4) is 0 Å². The maximum Gasteiger partial charge on any atom is 0.255 e. The van der Waals surface area contributed by atoms with Crippen molar-refractivity contribution in [2.45, 2.75) is 20.3 Å². The van der Waals surface area contributed by atoms with Gasteiger partial charge in [-0.15, -0.1) is 12.4 Å². The second kappa shape index (κ2) is 12.0. The quantitative estimate of drug-likeness (QED) is 0.638. The van der Waals surface area contributed by atoms with Crippen molar-refractivity contribution in [3.05, 3.63) is 48.0 Å². The van der Waals surface area contributed by atoms with Gasteiger partial charge in [-0.05, 0) is 55.8 Å². The molecule has 0 aromatic heterocycles. The third-order valence-corrected chi connectivity index (χ3v) is 3.47. The molecule has 0 spiro atoms. The van der Waals surface area contributed by atoms with E-state index in [-0.39, 0.29) is 18.3 Å². The van der Waals surface area contributed by atoms with Gasteiger partial charge in [0.25, 0.3) is 5.91 Å². The van der Waals surface area contributed by atoms with Crippen LogP contribution < -0.4 is 25.3 Å². The van der Waals surface area contributed by atoms with Crippen molar-refractivity contribution in [3.63, 3.8) is 0 Å². The van der Waals surface area contributed by atoms with E-state index in [1.807, 2.05) is 13.8 Å². The average Bonchev–Trinajstić information content (AvgIpc) is 2.66. The number of hydrogen-bond acceptors (Lipinski definition) is 5. The molecule has 2 aromatic rings. The molecule has 3 N–H and O–H groups in total. The van der Waals surface area contributed by atoms with Crippen molar-refractivity contribution in [2.75, 3.05) is 31.7 Å². The minimum absolute atomic E-state index is 0. The van der Waals surface area contributed by atoms with Gasteiger partial charge in [-0.25, -0.2) is 0 Å². The van der Waals surface area contributed by atoms with Crippen molar-refractivity contribution in [1.29, 1.82) is 0 Å². The number of rotatable bonds is 10. The van der Waals surface area contributed by atoms with Gasteiger partial charge in [0.2, 0.25) is 0 Å². The van der Waals surface area contributed by atoms with E-state index >= 15 is 0 Å². The Morgan fingerprint density at radius 3 is 2.33 bits per heavy atom. The fourth-order valence-electron chi connectivity index (χ4n) is 2.26. The first-order chi connectivity index (χ1) is 12.7. The lowest BCUT2D eigenvalue weighted by Crippen LogP contribution is -2.13. The Bertz CT molecular complexity index is 708. The van der Waals surface area contributed by atoms with Gasteiger partial charge in [0.1, 0.15) is 12.4 Å². The van der Waals surface area contributed by atoms with Crippen LogP contribution in [0.1, 0.15) is 30.6 Å². The number of carbonyl (C=O) groups excluding carboxylic acids is 1. The third-order valence-electron chi connectivity index (χ3n) is 3.47. The van der Waals surface area contributed by atoms with Crippen molar-refractivity contribution < 1.29 is 19.0 Å². The highest BCUT2D eigenvalue weighted by atomic mass is 35.5. The van der Waals surface area contributed by atoms with Gasteiger partial charge in [0.15, 0.2) is 11.5 Å². The summed E-state index contributed by atoms with van der Waals surface area (Å²) < 4.78 is 16.7. The molecule has 1 amide bonds. The Hall–Kier alpha value is -2.44. The van der Waals surface area contributed by atoms with Crippen molar-refractivity contribution in [1.82, 2.24) is 0 Å². The third kappa shape index (κ3) is 7.00. The molecule has 148 valence electrons. The summed E-state index contributed by atoms with van der Waals surface area (Å²) in [6, 6.07) is 12.3. The molecule has 0 aliphatic carbocycles. The normalized spacial score (nSPS) is 9.89. The first kappa shape index (κ1) is 22.6. The molecule has 0 fully saturated rings. The summed E-state index contributed by atoms with van der Waals surface area (Å²) in [5.74, 6) is 1.71. The number of nitrogens with one attached hydrogen (secondary N) is 1. The summed E-state index contributed by atoms with van der Waals surface area (Å²) in [7, 11) is 0. The molecule has 0 unspecified atom stereocenters. The number of benzene rings is 2. The Kier molecular flexibility index (Phi) is 10.1. The monoisotopic (exact) mass is 394 g/mol. The lowest BCUT2D eigenvalue weighted by atomic mass is 10.1. The number of amides is 1. The predicted molar refractivity (Wildman–Crippen MR) is 110 cm³/mol. The standard InChI is InChI=1S/C20H26N2O4.ClH/c1-3-12-26-18-10-5-15(14-19(18)24-4-2)20(23)22-16-6-8-17(9-7-16)25-13-11-21;/h5-10,14H,3-4,11-13,21H2,1-2H3,(H,22,23);1H. The fourth-order valence-corrected chi connectivity index (χ4v) is 2.26. The van der Waals surface area contributed by atoms with Crippen LogP contribution in [0.4, 0.5) is 5.69 Å². The molecule has 0 saturated carbocycles. The lowest BCUT2D eigenvalue weighted by molar-refractivity contribution is 0.102. The van der Waals surface area contributed by atoms with Crippen LogP contribution in [0, 0.1) is 0 Å². The zero-order valence-electron chi connectivity index (χ0n) is 15.7. The van der Waals surface area contributed by atoms with Crippen LogP contribution in [-0.4, -0.2) is 32.3 Å². The maximum absolute atomic E-state index is 12.5. The predicted octanol–water partition coefficient (Wildman–Crippen LogP) is 3.89. The molecule has 27 heavy (non-hydrogen) atoms. The lowest BCUT2D eigenvalue weighted by Gasteiger charge is -2.13. The number of ether oxygens (including phenoxy) is 3. The summed E-state index contributed by atoms with van der Waals surface area (Å²) in [5, 5.41) is 2.86. The molecule has 0 radical (unpaired) electrons. The molecular weight excluding hydrogens is 368 g/mol. The average molecular weight is 395 g/mol. The van der Waals surface area contributed by atoms with Gasteiger partial charge in [0.05, 0.1) is 13.2 Å². The first-order valence-corrected chi connectivity index (χ1v) is 8.81. The van der Waals surface area contributed by atoms with E-state index in [4.69, 9.17) is 19.9 Å². The van der Waals surface area contributed by atoms with Crippen molar-refractivity contribution in [3.8, 4) is 17.2 Å². The molecule has 2 aromatic carbocycles. The van der Waals surface area contributed by atoms with Crippen molar-refractivity contribution >= 4 is 24.0 Å². The highest BCUT2D eigenvalue weighted by Crippen LogP contribution is 2.29. The van der Waals surface area contributed by atoms with Gasteiger partial charge in [-0.2, -0.15) is 0 Å². The SMILES string of the molecule is CCCOc1ccc(C(=O)Nc2ccc(OCCN)cc2)cc1OCC.Cl. The highest BCUT2D eigenvalue weighted by Gasteiger charge is 2.12. The van der Waals surface area contributed by atoms with Gasteiger partial charge in [-0.3, -0.25) is 4.79 Å². The molecule has 0 aliphatic rings. The number of anilines is 1. The van der Waals surface area contributed by atoms with Crippen LogP contribution in [0.5, 0.6) is 17.2 Å². The topological polar surface area (TPSA) is 82.8 Å². The van der Waals surface area contributed by atoms with E-state index in [9.17, 15) is 4.79 Å². The Labute approximate surface area is 166 Å². The second-order valence-electron chi connectivity index (χ2n) is 5.56. The summed E-state index contributed by atoms with van der Waals surface area (Å²) in [6.45, 7) is 5.94. The summed E-state index contributed by atoms with van der Waals surface area (Å²) in [6.07, 6.45) is 0.902. The molecule has 7 heteroatoms. The van der Waals surface area contributed by atoms with E-state index in [1.165, 1.54) is 0 Å². The van der Waals surface area contributed by atoms with Crippen LogP contribution in [0.15, 0.2) is 42.5 Å². The summed E-state index contributed by atoms with van der Waals surface area (Å²) in [5.41, 5.74) is 6.59. The van der Waals surface area contributed by atoms with Gasteiger partial charge in [-0.1, -0.05) is 6.92 Å². The maximum atomic E-state index is 12.5. The molecule has 0 aliphatic heterocycles. The first-order valence-electron chi connectivity index (χ1n) is 8.81. The molecule has 0 bridgehead atoms. The number of carbonyl (C=O) groups is 1. The van der Waals surface area contributed by atoms with E-state index in [0.717, 1.165) is 6.42 Å². The van der Waals surface area contributed by atoms with Crippen molar-refractivity contribution in [2.24, 2.45) is 5.73 Å². The van der Waals surface area contributed by atoms with Crippen LogP contribution >= 0.6 is 12.4 Å². The molecule has 0 saturated heterocycles. The number of halogens is 1. The molecular formula is C20H27ClN2O4. The summed E-state index contributed by atoms with van der Waals surface area (Å²) >= 11 is 0. The van der Waals surface area contributed by atoms with E-state index < -0.39 is 0 Å². The molecule has 6 nitrogen and oxygen atoms in total. The Morgan fingerprint density at radius 1 is 0.963 bits per heavy atom. The van der Waals surface area contributed by atoms with E-state index in [2.05, 4.69) is 5.32 Å². The van der Waals surface area contributed by atoms with Crippen LogP contribution in [-0.2, 0) is 0 Å². The minimum Gasteiger partial charge on any atom is -0.492 e. The van der Waals surface area contributed by atoms with Crippen LogP contribution in [0.2, 0.25) is 0 Å². The zero-order chi connectivity index (χ0) is 18.8. The van der Waals surface area contributed by atoms with Gasteiger partial charge in [0, 0.05) is 17.8 Å². The van der Waals surface area contributed by atoms with E-state index in [0.29, 0.717) is 54.9 Å². The van der Waals surface area contributed by atoms with E-state index in [1.54, 1.807) is 42.5 Å². The van der Waals surface area contributed by atoms with Crippen LogP contribution in [0.25, 0.3) is 0 Å².